The molecule has 1 aliphatic rings. The number of aliphatic hydroxyl groups is 1. The van der Waals surface area contributed by atoms with Crippen LogP contribution in [-0.4, -0.2) is 35.2 Å². The van der Waals surface area contributed by atoms with Gasteiger partial charge in [0.2, 0.25) is 0 Å². The first-order valence-corrected chi connectivity index (χ1v) is 5.91. The van der Waals surface area contributed by atoms with Crippen LogP contribution in [0.3, 0.4) is 0 Å². The summed E-state index contributed by atoms with van der Waals surface area (Å²) in [7, 11) is 0. The highest BCUT2D eigenvalue weighted by molar-refractivity contribution is 5.94. The van der Waals surface area contributed by atoms with Gasteiger partial charge in [-0.25, -0.2) is 4.79 Å². The molecular formula is C13H18N2O2. The van der Waals surface area contributed by atoms with Crippen LogP contribution in [0.4, 0.5) is 10.5 Å². The number of nitrogens with zero attached hydrogens (tertiary/aromatic N) is 2. The van der Waals surface area contributed by atoms with Gasteiger partial charge < -0.3 is 10.0 Å². The van der Waals surface area contributed by atoms with E-state index in [-0.39, 0.29) is 18.7 Å². The summed E-state index contributed by atoms with van der Waals surface area (Å²) in [5, 5.41) is 9.10. The molecule has 2 amide bonds. The zero-order valence-electron chi connectivity index (χ0n) is 10.3. The number of anilines is 1. The van der Waals surface area contributed by atoms with Crippen molar-refractivity contribution in [2.75, 3.05) is 18.0 Å². The van der Waals surface area contributed by atoms with Crippen molar-refractivity contribution in [1.82, 2.24) is 4.90 Å². The minimum absolute atomic E-state index is 0.00374. The summed E-state index contributed by atoms with van der Waals surface area (Å²) in [6, 6.07) is 7.77. The Morgan fingerprint density at radius 2 is 2.12 bits per heavy atom. The van der Waals surface area contributed by atoms with Gasteiger partial charge in [0.25, 0.3) is 0 Å². The molecule has 0 atom stereocenters. The molecule has 0 radical (unpaired) electrons. The summed E-state index contributed by atoms with van der Waals surface area (Å²) >= 11 is 0. The van der Waals surface area contributed by atoms with Crippen molar-refractivity contribution in [3.63, 3.8) is 0 Å². The molecule has 0 saturated carbocycles. The van der Waals surface area contributed by atoms with Crippen LogP contribution < -0.4 is 4.90 Å². The molecule has 0 aliphatic carbocycles. The van der Waals surface area contributed by atoms with Gasteiger partial charge in [-0.05, 0) is 31.5 Å². The SMILES string of the molecule is CC(C)N1CCN(c2cccc(CO)c2)C1=O. The molecule has 2 rings (SSSR count). The molecule has 0 aromatic heterocycles. The summed E-state index contributed by atoms with van der Waals surface area (Å²) in [5.74, 6) is 0. The smallest absolute Gasteiger partial charge is 0.324 e. The Hall–Kier alpha value is -1.55. The van der Waals surface area contributed by atoms with Crippen molar-refractivity contribution in [3.8, 4) is 0 Å². The second-order valence-corrected chi connectivity index (χ2v) is 4.55. The maximum Gasteiger partial charge on any atom is 0.324 e. The fourth-order valence-electron chi connectivity index (χ4n) is 2.10. The third kappa shape index (κ3) is 2.26. The standard InChI is InChI=1S/C13H18N2O2/c1-10(2)14-6-7-15(13(14)17)12-5-3-4-11(8-12)9-16/h3-5,8,10,16H,6-7,9H2,1-2H3. The highest BCUT2D eigenvalue weighted by atomic mass is 16.3. The van der Waals surface area contributed by atoms with E-state index in [1.165, 1.54) is 0 Å². The summed E-state index contributed by atoms with van der Waals surface area (Å²) in [5.41, 5.74) is 1.70. The molecule has 17 heavy (non-hydrogen) atoms. The normalized spacial score (nSPS) is 16.1. The predicted molar refractivity (Wildman–Crippen MR) is 66.9 cm³/mol. The van der Waals surface area contributed by atoms with Gasteiger partial charge in [-0.3, -0.25) is 4.90 Å². The Kier molecular flexibility index (Phi) is 3.33. The molecule has 1 aromatic rings. The van der Waals surface area contributed by atoms with E-state index in [0.29, 0.717) is 6.54 Å². The Morgan fingerprint density at radius 3 is 2.71 bits per heavy atom. The number of carbonyl (C=O) groups excluding carboxylic acids is 1. The Labute approximate surface area is 101 Å². The number of urea groups is 1. The lowest BCUT2D eigenvalue weighted by Gasteiger charge is -2.22. The Morgan fingerprint density at radius 1 is 1.35 bits per heavy atom. The van der Waals surface area contributed by atoms with Gasteiger partial charge in [0.15, 0.2) is 0 Å². The number of carbonyl (C=O) groups is 1. The van der Waals surface area contributed by atoms with Crippen molar-refractivity contribution < 1.29 is 9.90 Å². The van der Waals surface area contributed by atoms with E-state index in [1.54, 1.807) is 4.90 Å². The van der Waals surface area contributed by atoms with Gasteiger partial charge in [0, 0.05) is 24.8 Å². The molecule has 0 bridgehead atoms. The average Bonchev–Trinajstić information content (AvgIpc) is 2.71. The molecular weight excluding hydrogens is 216 g/mol. The summed E-state index contributed by atoms with van der Waals surface area (Å²) in [4.78, 5) is 15.8. The van der Waals surface area contributed by atoms with Gasteiger partial charge in [-0.15, -0.1) is 0 Å². The molecule has 1 N–H and O–H groups in total. The zero-order valence-corrected chi connectivity index (χ0v) is 10.3. The van der Waals surface area contributed by atoms with E-state index in [2.05, 4.69) is 0 Å². The molecule has 0 spiro atoms. The first kappa shape index (κ1) is 11.9. The lowest BCUT2D eigenvalue weighted by atomic mass is 10.2. The maximum absolute atomic E-state index is 12.1. The summed E-state index contributed by atoms with van der Waals surface area (Å²) in [6.07, 6.45) is 0. The van der Waals surface area contributed by atoms with Crippen LogP contribution in [0.1, 0.15) is 19.4 Å². The Balaban J connectivity index is 2.21. The van der Waals surface area contributed by atoms with Gasteiger partial charge in [0.1, 0.15) is 0 Å². The highest BCUT2D eigenvalue weighted by Gasteiger charge is 2.30. The monoisotopic (exact) mass is 234 g/mol. The number of aliphatic hydroxyl groups excluding tert-OH is 1. The number of benzene rings is 1. The molecule has 1 fully saturated rings. The molecule has 1 aromatic carbocycles. The topological polar surface area (TPSA) is 43.8 Å². The number of hydrogen-bond acceptors (Lipinski definition) is 2. The van der Waals surface area contributed by atoms with Crippen LogP contribution in [-0.2, 0) is 6.61 Å². The number of rotatable bonds is 3. The van der Waals surface area contributed by atoms with E-state index in [4.69, 9.17) is 5.11 Å². The molecule has 4 nitrogen and oxygen atoms in total. The number of hydrogen-bond donors (Lipinski definition) is 1. The summed E-state index contributed by atoms with van der Waals surface area (Å²) < 4.78 is 0. The molecule has 0 unspecified atom stereocenters. The molecule has 1 saturated heterocycles. The van der Waals surface area contributed by atoms with Crippen LogP contribution in [0.25, 0.3) is 0 Å². The molecule has 92 valence electrons. The lowest BCUT2D eigenvalue weighted by molar-refractivity contribution is 0.209. The second kappa shape index (κ2) is 4.75. The van der Waals surface area contributed by atoms with Gasteiger partial charge in [-0.2, -0.15) is 0 Å². The number of amides is 2. The Bertz CT molecular complexity index is 418. The van der Waals surface area contributed by atoms with Crippen molar-refractivity contribution >= 4 is 11.7 Å². The minimum Gasteiger partial charge on any atom is -0.392 e. The third-order valence-corrected chi connectivity index (χ3v) is 3.07. The molecule has 4 heteroatoms. The average molecular weight is 234 g/mol. The van der Waals surface area contributed by atoms with Crippen molar-refractivity contribution in [3.05, 3.63) is 29.8 Å². The quantitative estimate of drug-likeness (QED) is 0.867. The van der Waals surface area contributed by atoms with E-state index in [1.807, 2.05) is 43.0 Å². The van der Waals surface area contributed by atoms with E-state index < -0.39 is 0 Å². The lowest BCUT2D eigenvalue weighted by Crippen LogP contribution is -2.36. The first-order valence-electron chi connectivity index (χ1n) is 5.91. The zero-order chi connectivity index (χ0) is 12.4. The minimum atomic E-state index is 0.00374. The second-order valence-electron chi connectivity index (χ2n) is 4.55. The predicted octanol–water partition coefficient (Wildman–Crippen LogP) is 1.83. The van der Waals surface area contributed by atoms with Crippen molar-refractivity contribution in [1.29, 1.82) is 0 Å². The van der Waals surface area contributed by atoms with E-state index in [9.17, 15) is 4.79 Å². The van der Waals surface area contributed by atoms with E-state index in [0.717, 1.165) is 17.8 Å². The van der Waals surface area contributed by atoms with Crippen LogP contribution >= 0.6 is 0 Å². The van der Waals surface area contributed by atoms with Crippen molar-refractivity contribution in [2.24, 2.45) is 0 Å². The van der Waals surface area contributed by atoms with Crippen LogP contribution in [0.15, 0.2) is 24.3 Å². The van der Waals surface area contributed by atoms with Gasteiger partial charge in [-0.1, -0.05) is 12.1 Å². The largest absolute Gasteiger partial charge is 0.392 e. The molecule has 1 aliphatic heterocycles. The maximum atomic E-state index is 12.1. The fraction of sp³-hybridized carbons (Fsp3) is 0.462. The third-order valence-electron chi connectivity index (χ3n) is 3.07. The van der Waals surface area contributed by atoms with Crippen molar-refractivity contribution in [2.45, 2.75) is 26.5 Å². The van der Waals surface area contributed by atoms with Gasteiger partial charge in [0.05, 0.1) is 6.61 Å². The van der Waals surface area contributed by atoms with Crippen LogP contribution in [0.2, 0.25) is 0 Å². The fourth-order valence-corrected chi connectivity index (χ4v) is 2.10. The van der Waals surface area contributed by atoms with Crippen LogP contribution in [0.5, 0.6) is 0 Å². The van der Waals surface area contributed by atoms with Gasteiger partial charge >= 0.3 is 6.03 Å². The van der Waals surface area contributed by atoms with Crippen LogP contribution in [0, 0.1) is 0 Å². The first-order chi connectivity index (χ1) is 8.13. The van der Waals surface area contributed by atoms with E-state index >= 15 is 0 Å². The summed E-state index contributed by atoms with van der Waals surface area (Å²) in [6.45, 7) is 5.52. The molecule has 1 heterocycles. The highest BCUT2D eigenvalue weighted by Crippen LogP contribution is 2.22.